The molecule has 0 atom stereocenters. The van der Waals surface area contributed by atoms with Gasteiger partial charge in [0.25, 0.3) is 0 Å². The Bertz CT molecular complexity index is 3270. The van der Waals surface area contributed by atoms with Crippen LogP contribution in [0.15, 0.2) is 231 Å². The molecule has 2 nitrogen and oxygen atoms in total. The maximum Gasteiger partial charge on any atom is 0.0562 e. The fourth-order valence-corrected chi connectivity index (χ4v) is 8.94. The van der Waals surface area contributed by atoms with Gasteiger partial charge in [-0.25, -0.2) is 0 Å². The van der Waals surface area contributed by atoms with Crippen molar-refractivity contribution >= 4 is 60.4 Å². The van der Waals surface area contributed by atoms with Crippen molar-refractivity contribution in [3.63, 3.8) is 0 Å². The summed E-state index contributed by atoms with van der Waals surface area (Å²) in [7, 11) is 0. The van der Waals surface area contributed by atoms with E-state index in [4.69, 9.17) is 0 Å². The largest absolute Gasteiger partial charge is 0.309 e. The smallest absolute Gasteiger partial charge is 0.0562 e. The number of aromatic nitrogens is 1. The lowest BCUT2D eigenvalue weighted by molar-refractivity contribution is 1.18. The molecule has 11 aromatic rings. The zero-order chi connectivity index (χ0) is 38.4. The number of para-hydroxylation sites is 2. The van der Waals surface area contributed by atoms with Gasteiger partial charge in [0.05, 0.1) is 22.4 Å². The predicted molar refractivity (Wildman–Crippen MR) is 247 cm³/mol. The number of rotatable bonds is 7. The normalized spacial score (nSPS) is 11.4. The first-order valence-corrected chi connectivity index (χ1v) is 19.9. The third-order valence-corrected chi connectivity index (χ3v) is 11.6. The molecule has 0 fully saturated rings. The van der Waals surface area contributed by atoms with E-state index in [9.17, 15) is 0 Å². The van der Waals surface area contributed by atoms with Crippen molar-refractivity contribution in [3.05, 3.63) is 231 Å². The average molecular weight is 739 g/mol. The lowest BCUT2D eigenvalue weighted by atomic mass is 9.93. The number of nitrogens with zero attached hydrogens (tertiary/aromatic N) is 2. The van der Waals surface area contributed by atoms with Crippen LogP contribution in [0.25, 0.3) is 82.4 Å². The molecule has 2 heteroatoms. The van der Waals surface area contributed by atoms with Gasteiger partial charge >= 0.3 is 0 Å². The molecule has 0 bridgehead atoms. The Balaban J connectivity index is 1.14. The van der Waals surface area contributed by atoms with Crippen molar-refractivity contribution in [1.29, 1.82) is 0 Å². The van der Waals surface area contributed by atoms with E-state index in [1.807, 2.05) is 0 Å². The van der Waals surface area contributed by atoms with Gasteiger partial charge in [0.15, 0.2) is 0 Å². The Morgan fingerprint density at radius 2 is 0.879 bits per heavy atom. The number of benzene rings is 10. The fourth-order valence-electron chi connectivity index (χ4n) is 8.94. The quantitative estimate of drug-likeness (QED) is 0.148. The maximum absolute atomic E-state index is 2.45. The lowest BCUT2D eigenvalue weighted by Crippen LogP contribution is -2.11. The molecule has 0 amide bonds. The van der Waals surface area contributed by atoms with Crippen molar-refractivity contribution in [1.82, 2.24) is 4.57 Å². The summed E-state index contributed by atoms with van der Waals surface area (Å²) >= 11 is 0. The summed E-state index contributed by atoms with van der Waals surface area (Å²) in [5.41, 5.74) is 14.0. The molecule has 272 valence electrons. The Morgan fingerprint density at radius 1 is 0.310 bits per heavy atom. The highest BCUT2D eigenvalue weighted by molar-refractivity contribution is 6.17. The Labute approximate surface area is 338 Å². The van der Waals surface area contributed by atoms with Crippen LogP contribution in [0.1, 0.15) is 0 Å². The molecule has 11 rings (SSSR count). The Morgan fingerprint density at radius 3 is 1.69 bits per heavy atom. The van der Waals surface area contributed by atoms with E-state index in [0.717, 1.165) is 28.3 Å². The molecule has 0 aliphatic rings. The van der Waals surface area contributed by atoms with Crippen LogP contribution in [0.2, 0.25) is 0 Å². The number of fused-ring (bicyclic) bond motifs is 6. The zero-order valence-electron chi connectivity index (χ0n) is 31.8. The van der Waals surface area contributed by atoms with Gasteiger partial charge in [-0.2, -0.15) is 0 Å². The molecular weight excluding hydrogens is 701 g/mol. The van der Waals surface area contributed by atoms with Gasteiger partial charge in [-0.05, 0) is 104 Å². The van der Waals surface area contributed by atoms with Gasteiger partial charge in [0.1, 0.15) is 0 Å². The summed E-state index contributed by atoms with van der Waals surface area (Å²) in [4.78, 5) is 2.45. The minimum Gasteiger partial charge on any atom is -0.309 e. The van der Waals surface area contributed by atoms with Gasteiger partial charge in [-0.3, -0.25) is 0 Å². The number of anilines is 3. The van der Waals surface area contributed by atoms with E-state index in [1.54, 1.807) is 0 Å². The highest BCUT2D eigenvalue weighted by Crippen LogP contribution is 2.47. The first-order valence-electron chi connectivity index (χ1n) is 19.9. The molecule has 0 saturated carbocycles. The molecule has 0 N–H and O–H groups in total. The Hall–Kier alpha value is -7.68. The van der Waals surface area contributed by atoms with Crippen LogP contribution < -0.4 is 4.90 Å². The highest BCUT2D eigenvalue weighted by atomic mass is 15.1. The van der Waals surface area contributed by atoms with Gasteiger partial charge in [0, 0.05) is 27.7 Å². The lowest BCUT2D eigenvalue weighted by Gasteiger charge is -2.29. The van der Waals surface area contributed by atoms with Gasteiger partial charge in [0.2, 0.25) is 0 Å². The molecular formula is C56H38N2. The second kappa shape index (κ2) is 14.1. The van der Waals surface area contributed by atoms with E-state index < -0.39 is 0 Å². The first-order chi connectivity index (χ1) is 28.8. The average Bonchev–Trinajstić information content (AvgIpc) is 3.65. The molecule has 1 aromatic heterocycles. The Kier molecular flexibility index (Phi) is 8.19. The molecule has 1 heterocycles. The molecule has 10 aromatic carbocycles. The van der Waals surface area contributed by atoms with Crippen molar-refractivity contribution in [2.75, 3.05) is 4.90 Å². The number of hydrogen-bond acceptors (Lipinski definition) is 1. The third kappa shape index (κ3) is 5.66. The number of hydrogen-bond donors (Lipinski definition) is 0. The second-order valence-corrected chi connectivity index (χ2v) is 14.9. The van der Waals surface area contributed by atoms with Gasteiger partial charge in [-0.15, -0.1) is 0 Å². The highest BCUT2D eigenvalue weighted by Gasteiger charge is 2.23. The van der Waals surface area contributed by atoms with Crippen molar-refractivity contribution in [2.24, 2.45) is 0 Å². The van der Waals surface area contributed by atoms with E-state index in [-0.39, 0.29) is 0 Å². The summed E-state index contributed by atoms with van der Waals surface area (Å²) in [5, 5.41) is 7.47. The summed E-state index contributed by atoms with van der Waals surface area (Å²) in [6.07, 6.45) is 0. The monoisotopic (exact) mass is 738 g/mol. The summed E-state index contributed by atoms with van der Waals surface area (Å²) in [6, 6.07) is 83.7. The molecule has 0 aliphatic carbocycles. The molecule has 58 heavy (non-hydrogen) atoms. The SMILES string of the molecule is c1ccc(-c2ccc(N(c3ccccc3-c3ccccc3)c3cccc4c3c3ccccc3n4-c3cccc(-c4cc5ccccc5c5ccccc45)c3)cc2)cc1. The molecule has 0 saturated heterocycles. The molecule has 0 spiro atoms. The maximum atomic E-state index is 2.45. The van der Waals surface area contributed by atoms with Crippen LogP contribution in [-0.4, -0.2) is 4.57 Å². The van der Waals surface area contributed by atoms with Crippen molar-refractivity contribution < 1.29 is 0 Å². The fraction of sp³-hybridized carbons (Fsp3) is 0. The molecule has 0 unspecified atom stereocenters. The second-order valence-electron chi connectivity index (χ2n) is 14.9. The standard InChI is InChI=1S/C56H38N2/c1-3-17-39(18-4-1)40-33-35-44(36-34-40)57(52-29-13-11-25-47(52)41-19-5-2-6-20-41)54-31-16-32-55-56(54)50-28-12-14-30-53(50)58(55)45-23-15-22-42(37-45)51-38-43-21-7-8-24-46(43)48-26-9-10-27-49(48)51/h1-38H. The van der Waals surface area contributed by atoms with E-state index in [0.29, 0.717) is 0 Å². The van der Waals surface area contributed by atoms with Crippen LogP contribution in [0.4, 0.5) is 17.1 Å². The third-order valence-electron chi connectivity index (χ3n) is 11.6. The zero-order valence-corrected chi connectivity index (χ0v) is 31.8. The summed E-state index contributed by atoms with van der Waals surface area (Å²) in [5.74, 6) is 0. The minimum absolute atomic E-state index is 1.09. The van der Waals surface area contributed by atoms with Crippen LogP contribution in [0.3, 0.4) is 0 Å². The van der Waals surface area contributed by atoms with Crippen LogP contribution in [0.5, 0.6) is 0 Å². The van der Waals surface area contributed by atoms with E-state index >= 15 is 0 Å². The van der Waals surface area contributed by atoms with Crippen LogP contribution in [-0.2, 0) is 0 Å². The molecule has 0 radical (unpaired) electrons. The first kappa shape index (κ1) is 33.6. The van der Waals surface area contributed by atoms with Gasteiger partial charge in [-0.1, -0.05) is 176 Å². The summed E-state index contributed by atoms with van der Waals surface area (Å²) in [6.45, 7) is 0. The predicted octanol–water partition coefficient (Wildman–Crippen LogP) is 15.6. The molecule has 0 aliphatic heterocycles. The van der Waals surface area contributed by atoms with E-state index in [2.05, 4.69) is 240 Å². The minimum atomic E-state index is 1.09. The van der Waals surface area contributed by atoms with Crippen LogP contribution in [0, 0.1) is 0 Å². The topological polar surface area (TPSA) is 8.17 Å². The van der Waals surface area contributed by atoms with Crippen molar-refractivity contribution in [2.45, 2.75) is 0 Å². The van der Waals surface area contributed by atoms with E-state index in [1.165, 1.54) is 71.2 Å². The van der Waals surface area contributed by atoms with Crippen molar-refractivity contribution in [3.8, 4) is 39.1 Å². The van der Waals surface area contributed by atoms with Crippen LogP contribution >= 0.6 is 0 Å². The summed E-state index contributed by atoms with van der Waals surface area (Å²) < 4.78 is 2.45. The van der Waals surface area contributed by atoms with Gasteiger partial charge < -0.3 is 9.47 Å².